The highest BCUT2D eigenvalue weighted by Gasteiger charge is 2.32. The summed E-state index contributed by atoms with van der Waals surface area (Å²) in [4.78, 5) is 48.2. The van der Waals surface area contributed by atoms with Gasteiger partial charge in [0, 0.05) is 0 Å². The van der Waals surface area contributed by atoms with Crippen molar-refractivity contribution in [2.24, 2.45) is 5.92 Å². The molecule has 1 rings (SSSR count). The third-order valence-electron chi connectivity index (χ3n) is 4.51. The highest BCUT2D eigenvalue weighted by molar-refractivity contribution is 5.94. The number of hydrogen-bond acceptors (Lipinski definition) is 6. The summed E-state index contributed by atoms with van der Waals surface area (Å²) in [5.74, 6) is -2.92. The second kappa shape index (κ2) is 11.0. The van der Waals surface area contributed by atoms with Gasteiger partial charge in [0.05, 0.1) is 12.1 Å². The van der Waals surface area contributed by atoms with Crippen LogP contribution in [0.15, 0.2) is 0 Å². The van der Waals surface area contributed by atoms with Crippen molar-refractivity contribution in [1.82, 2.24) is 21.3 Å². The summed E-state index contributed by atoms with van der Waals surface area (Å²) < 4.78 is 0. The predicted molar refractivity (Wildman–Crippen MR) is 101 cm³/mol. The topological polar surface area (TPSA) is 157 Å². The number of rotatable bonds is 10. The number of aliphatic hydroxyl groups is 1. The van der Waals surface area contributed by atoms with Gasteiger partial charge in [-0.1, -0.05) is 13.8 Å². The maximum atomic E-state index is 12.4. The van der Waals surface area contributed by atoms with Crippen LogP contribution in [0.1, 0.15) is 47.0 Å². The molecular formula is C18H32N4O6. The van der Waals surface area contributed by atoms with E-state index in [0.717, 1.165) is 13.0 Å². The molecule has 1 aliphatic rings. The quantitative estimate of drug-likeness (QED) is 0.267. The standard InChI is InChI=1S/C18H32N4O6/c1-9(2)8-13(18(27)28)21-17(26)14(11(4)23)22-15(24)10(3)20-16(25)12-6-5-7-19-12/h9-14,19,23H,5-8H2,1-4H3,(H,20,25)(H,21,26)(H,22,24)(H,27,28). The highest BCUT2D eigenvalue weighted by atomic mass is 16.4. The number of aliphatic carboxylic acids is 1. The molecule has 0 radical (unpaired) electrons. The molecule has 0 aromatic heterocycles. The van der Waals surface area contributed by atoms with E-state index in [1.165, 1.54) is 13.8 Å². The smallest absolute Gasteiger partial charge is 0.326 e. The van der Waals surface area contributed by atoms with Crippen LogP contribution in [0.2, 0.25) is 0 Å². The van der Waals surface area contributed by atoms with E-state index >= 15 is 0 Å². The number of amides is 3. The average molecular weight is 400 g/mol. The lowest BCUT2D eigenvalue weighted by Crippen LogP contribution is -2.59. The lowest BCUT2D eigenvalue weighted by Gasteiger charge is -2.25. The Labute approximate surface area is 164 Å². The van der Waals surface area contributed by atoms with Crippen molar-refractivity contribution < 1.29 is 29.4 Å². The third-order valence-corrected chi connectivity index (χ3v) is 4.51. The minimum absolute atomic E-state index is 0.0282. The van der Waals surface area contributed by atoms with Crippen LogP contribution in [-0.4, -0.2) is 70.7 Å². The van der Waals surface area contributed by atoms with Gasteiger partial charge in [-0.25, -0.2) is 4.79 Å². The van der Waals surface area contributed by atoms with Gasteiger partial charge in [-0.15, -0.1) is 0 Å². The van der Waals surface area contributed by atoms with Gasteiger partial charge in [-0.3, -0.25) is 14.4 Å². The Balaban J connectivity index is 2.68. The summed E-state index contributed by atoms with van der Waals surface area (Å²) in [6, 6.07) is -3.74. The molecule has 0 saturated carbocycles. The largest absolute Gasteiger partial charge is 0.480 e. The molecule has 1 aliphatic heterocycles. The number of carboxylic acids is 1. The van der Waals surface area contributed by atoms with E-state index in [1.54, 1.807) is 0 Å². The molecule has 28 heavy (non-hydrogen) atoms. The predicted octanol–water partition coefficient (Wildman–Crippen LogP) is -1.28. The van der Waals surface area contributed by atoms with Gasteiger partial charge in [-0.05, 0) is 45.6 Å². The van der Waals surface area contributed by atoms with Crippen molar-refractivity contribution >= 4 is 23.7 Å². The van der Waals surface area contributed by atoms with Gasteiger partial charge in [0.15, 0.2) is 0 Å². The molecule has 0 spiro atoms. The Hall–Kier alpha value is -2.20. The van der Waals surface area contributed by atoms with E-state index in [0.29, 0.717) is 6.42 Å². The Morgan fingerprint density at radius 2 is 1.68 bits per heavy atom. The first kappa shape index (κ1) is 23.8. The molecule has 1 fully saturated rings. The molecular weight excluding hydrogens is 368 g/mol. The SMILES string of the molecule is CC(C)CC(NC(=O)C(NC(=O)C(C)NC(=O)C1CCCN1)C(C)O)C(=O)O. The maximum absolute atomic E-state index is 12.4. The Morgan fingerprint density at radius 3 is 2.14 bits per heavy atom. The summed E-state index contributed by atoms with van der Waals surface area (Å²) in [6.07, 6.45) is 0.523. The molecule has 1 saturated heterocycles. The minimum atomic E-state index is -1.34. The Kier molecular flexibility index (Phi) is 9.33. The fourth-order valence-corrected chi connectivity index (χ4v) is 2.93. The average Bonchev–Trinajstić information content (AvgIpc) is 3.12. The summed E-state index contributed by atoms with van der Waals surface area (Å²) in [5.41, 5.74) is 0. The van der Waals surface area contributed by atoms with Crippen LogP contribution in [0.5, 0.6) is 0 Å². The molecule has 10 nitrogen and oxygen atoms in total. The van der Waals surface area contributed by atoms with Crippen molar-refractivity contribution in [2.45, 2.75) is 77.2 Å². The summed E-state index contributed by atoms with van der Waals surface area (Å²) in [6.45, 7) is 7.16. The molecule has 0 bridgehead atoms. The number of carbonyl (C=O) groups excluding carboxylic acids is 3. The van der Waals surface area contributed by atoms with Gasteiger partial charge in [0.1, 0.15) is 18.1 Å². The van der Waals surface area contributed by atoms with Crippen LogP contribution in [-0.2, 0) is 19.2 Å². The minimum Gasteiger partial charge on any atom is -0.480 e. The van der Waals surface area contributed by atoms with Crippen LogP contribution >= 0.6 is 0 Å². The lowest BCUT2D eigenvalue weighted by molar-refractivity contribution is -0.143. The van der Waals surface area contributed by atoms with Crippen molar-refractivity contribution in [3.05, 3.63) is 0 Å². The monoisotopic (exact) mass is 400 g/mol. The zero-order valence-electron chi connectivity index (χ0n) is 16.8. The van der Waals surface area contributed by atoms with Crippen molar-refractivity contribution in [1.29, 1.82) is 0 Å². The van der Waals surface area contributed by atoms with Crippen LogP contribution in [0.3, 0.4) is 0 Å². The molecule has 160 valence electrons. The molecule has 3 amide bonds. The van der Waals surface area contributed by atoms with Gasteiger partial charge in [-0.2, -0.15) is 0 Å². The van der Waals surface area contributed by atoms with Gasteiger partial charge >= 0.3 is 5.97 Å². The molecule has 1 heterocycles. The molecule has 5 atom stereocenters. The van der Waals surface area contributed by atoms with E-state index in [4.69, 9.17) is 0 Å². The molecule has 6 N–H and O–H groups in total. The Bertz CT molecular complexity index is 574. The molecule has 0 aliphatic carbocycles. The van der Waals surface area contributed by atoms with E-state index in [1.807, 2.05) is 13.8 Å². The maximum Gasteiger partial charge on any atom is 0.326 e. The molecule has 5 unspecified atom stereocenters. The lowest BCUT2D eigenvalue weighted by atomic mass is 10.0. The number of carbonyl (C=O) groups is 4. The van der Waals surface area contributed by atoms with Gasteiger partial charge < -0.3 is 31.5 Å². The number of hydrogen-bond donors (Lipinski definition) is 6. The zero-order chi connectivity index (χ0) is 21.4. The van der Waals surface area contributed by atoms with Gasteiger partial charge in [0.25, 0.3) is 0 Å². The zero-order valence-corrected chi connectivity index (χ0v) is 16.8. The number of carboxylic acid groups (broad SMARTS) is 1. The normalized spacial score (nSPS) is 20.7. The van der Waals surface area contributed by atoms with E-state index in [9.17, 15) is 29.4 Å². The number of aliphatic hydroxyl groups excluding tert-OH is 1. The van der Waals surface area contributed by atoms with Gasteiger partial charge in [0.2, 0.25) is 17.7 Å². The molecule has 10 heteroatoms. The summed E-state index contributed by atoms with van der Waals surface area (Å²) >= 11 is 0. The fraction of sp³-hybridized carbons (Fsp3) is 0.778. The van der Waals surface area contributed by atoms with Crippen LogP contribution in [0, 0.1) is 5.92 Å². The van der Waals surface area contributed by atoms with Crippen LogP contribution in [0.4, 0.5) is 0 Å². The summed E-state index contributed by atoms with van der Waals surface area (Å²) in [5, 5.41) is 29.4. The molecule has 0 aromatic rings. The van der Waals surface area contributed by atoms with Crippen molar-refractivity contribution in [3.8, 4) is 0 Å². The second-order valence-corrected chi connectivity index (χ2v) is 7.64. The van der Waals surface area contributed by atoms with Crippen LogP contribution < -0.4 is 21.3 Å². The highest BCUT2D eigenvalue weighted by Crippen LogP contribution is 2.07. The first-order chi connectivity index (χ1) is 13.0. The van der Waals surface area contributed by atoms with Crippen LogP contribution in [0.25, 0.3) is 0 Å². The first-order valence-electron chi connectivity index (χ1n) is 9.58. The third kappa shape index (κ3) is 7.43. The van der Waals surface area contributed by atoms with E-state index < -0.39 is 42.0 Å². The fourth-order valence-electron chi connectivity index (χ4n) is 2.93. The van der Waals surface area contributed by atoms with Crippen molar-refractivity contribution in [3.63, 3.8) is 0 Å². The summed E-state index contributed by atoms with van der Waals surface area (Å²) in [7, 11) is 0. The Morgan fingerprint density at radius 1 is 1.04 bits per heavy atom. The number of nitrogens with one attached hydrogen (secondary N) is 4. The van der Waals surface area contributed by atoms with E-state index in [2.05, 4.69) is 21.3 Å². The van der Waals surface area contributed by atoms with Crippen molar-refractivity contribution in [2.75, 3.05) is 6.54 Å². The molecule has 0 aromatic carbocycles. The second-order valence-electron chi connectivity index (χ2n) is 7.64. The van der Waals surface area contributed by atoms with E-state index in [-0.39, 0.29) is 24.3 Å². The first-order valence-corrected chi connectivity index (χ1v) is 9.58.